The molecular weight excluding hydrogens is 519 g/mol. The van der Waals surface area contributed by atoms with Gasteiger partial charge in [0, 0.05) is 34.9 Å². The van der Waals surface area contributed by atoms with E-state index in [9.17, 15) is 19.1 Å². The normalized spacial score (nSPS) is 12.4. The van der Waals surface area contributed by atoms with Crippen molar-refractivity contribution in [3.63, 3.8) is 0 Å². The molecule has 5 aromatic rings. The van der Waals surface area contributed by atoms with Crippen LogP contribution in [-0.2, 0) is 16.1 Å². The Labute approximate surface area is 228 Å². The third-order valence-electron chi connectivity index (χ3n) is 5.85. The first-order chi connectivity index (χ1) is 18.9. The van der Waals surface area contributed by atoms with E-state index >= 15 is 0 Å². The quantitative estimate of drug-likeness (QED) is 0.274. The minimum atomic E-state index is -1.01. The van der Waals surface area contributed by atoms with Gasteiger partial charge in [-0.2, -0.15) is 10.2 Å². The number of carbonyl (C=O) groups excluding carboxylic acids is 1. The van der Waals surface area contributed by atoms with Crippen LogP contribution in [0.25, 0.3) is 27.5 Å². The molecule has 0 saturated heterocycles. The fourth-order valence-electron chi connectivity index (χ4n) is 4.24. The number of amides is 1. The molecule has 0 aliphatic rings. The summed E-state index contributed by atoms with van der Waals surface area (Å²) in [6, 6.07) is 11.1. The predicted octanol–water partition coefficient (Wildman–Crippen LogP) is 5.48. The Morgan fingerprint density at radius 3 is 2.62 bits per heavy atom. The summed E-state index contributed by atoms with van der Waals surface area (Å²) < 4.78 is 28.8. The van der Waals surface area contributed by atoms with Gasteiger partial charge in [-0.3, -0.25) is 14.8 Å². The summed E-state index contributed by atoms with van der Waals surface area (Å²) in [7, 11) is 0. The van der Waals surface area contributed by atoms with Crippen LogP contribution < -0.4 is 10.1 Å². The Bertz CT molecular complexity index is 1730. The van der Waals surface area contributed by atoms with Crippen molar-refractivity contribution in [1.82, 2.24) is 24.5 Å². The molecule has 0 aliphatic carbocycles. The van der Waals surface area contributed by atoms with E-state index in [1.807, 2.05) is 6.07 Å². The van der Waals surface area contributed by atoms with E-state index in [-0.39, 0.29) is 18.1 Å². The van der Waals surface area contributed by atoms with E-state index in [1.54, 1.807) is 69.2 Å². The lowest BCUT2D eigenvalue weighted by Crippen LogP contribution is -2.27. The number of ether oxygens (including phenoxy) is 2. The van der Waals surface area contributed by atoms with Crippen molar-refractivity contribution >= 4 is 39.7 Å². The van der Waals surface area contributed by atoms with E-state index in [0.717, 1.165) is 5.39 Å². The van der Waals surface area contributed by atoms with Crippen LogP contribution in [0.4, 0.5) is 15.0 Å². The highest BCUT2D eigenvalue weighted by Crippen LogP contribution is 2.35. The van der Waals surface area contributed by atoms with Crippen molar-refractivity contribution < 1.29 is 28.6 Å². The molecule has 0 fully saturated rings. The number of benzene rings is 2. The van der Waals surface area contributed by atoms with E-state index in [2.05, 4.69) is 20.5 Å². The number of nitrogens with zero attached hydrogens (tertiary/aromatic N) is 5. The lowest BCUT2D eigenvalue weighted by Gasteiger charge is -2.22. The summed E-state index contributed by atoms with van der Waals surface area (Å²) in [5.74, 6) is -1.15. The predicted molar refractivity (Wildman–Crippen MR) is 145 cm³/mol. The molecule has 0 spiro atoms. The van der Waals surface area contributed by atoms with Crippen LogP contribution in [-0.4, -0.2) is 47.3 Å². The number of halogens is 1. The molecular formula is C28H27FN6O5. The average molecular weight is 547 g/mol. The standard InChI is InChI=1S/C28H27FN6O5/c1-16(20-13-22-18(14-34(33-22)15-25(36)37)11-23(20)35-9-5-8-30-35)39-24-12-17-10-19(29)6-7-21(17)31-26(24)32-27(38)40-28(2,3)4/h5-14,16H,15H2,1-4H3,(H,36,37)(H,31,32,38)/t16-/m0/s1. The largest absolute Gasteiger partial charge is 0.482 e. The Kier molecular flexibility index (Phi) is 6.84. The van der Waals surface area contributed by atoms with Gasteiger partial charge in [-0.25, -0.2) is 18.9 Å². The smallest absolute Gasteiger partial charge is 0.413 e. The van der Waals surface area contributed by atoms with E-state index in [0.29, 0.717) is 27.7 Å². The SMILES string of the molecule is C[C@H](Oc1cc2cc(F)ccc2nc1NC(=O)OC(C)(C)C)c1cc2nn(CC(=O)O)cc2cc1-n1cccn1. The fourth-order valence-corrected chi connectivity index (χ4v) is 4.24. The Hall–Kier alpha value is -5.00. The monoisotopic (exact) mass is 546 g/mol. The molecule has 3 aromatic heterocycles. The zero-order valence-electron chi connectivity index (χ0n) is 22.3. The molecule has 0 radical (unpaired) electrons. The first kappa shape index (κ1) is 26.6. The molecule has 1 atom stereocenters. The first-order valence-corrected chi connectivity index (χ1v) is 12.4. The molecule has 0 unspecified atom stereocenters. The molecule has 5 rings (SSSR count). The summed E-state index contributed by atoms with van der Waals surface area (Å²) in [4.78, 5) is 28.3. The van der Waals surface area contributed by atoms with Gasteiger partial charge in [-0.15, -0.1) is 0 Å². The number of hydrogen-bond acceptors (Lipinski definition) is 7. The van der Waals surface area contributed by atoms with E-state index in [1.165, 1.54) is 22.9 Å². The summed E-state index contributed by atoms with van der Waals surface area (Å²) in [5.41, 5.74) is 1.64. The van der Waals surface area contributed by atoms with Gasteiger partial charge in [0.1, 0.15) is 24.1 Å². The highest BCUT2D eigenvalue weighted by molar-refractivity contribution is 5.90. The fraction of sp³-hybridized carbons (Fsp3) is 0.250. The van der Waals surface area contributed by atoms with Crippen molar-refractivity contribution in [2.45, 2.75) is 45.9 Å². The minimum Gasteiger partial charge on any atom is -0.482 e. The Balaban J connectivity index is 1.57. The second-order valence-electron chi connectivity index (χ2n) is 10.2. The Morgan fingerprint density at radius 2 is 1.93 bits per heavy atom. The zero-order chi connectivity index (χ0) is 28.6. The van der Waals surface area contributed by atoms with Crippen molar-refractivity contribution in [2.75, 3.05) is 5.32 Å². The number of rotatable bonds is 7. The molecule has 1 amide bonds. The molecule has 3 heterocycles. The number of aromatic nitrogens is 5. The number of anilines is 1. The van der Waals surface area contributed by atoms with Crippen LogP contribution in [0.1, 0.15) is 39.4 Å². The maximum atomic E-state index is 14.0. The summed E-state index contributed by atoms with van der Waals surface area (Å²) in [6.45, 7) is 6.75. The average Bonchev–Trinajstić information content (AvgIpc) is 3.51. The van der Waals surface area contributed by atoms with Crippen LogP contribution in [0, 0.1) is 5.82 Å². The van der Waals surface area contributed by atoms with Crippen LogP contribution >= 0.6 is 0 Å². The zero-order valence-corrected chi connectivity index (χ0v) is 22.3. The van der Waals surface area contributed by atoms with Gasteiger partial charge in [0.05, 0.1) is 16.7 Å². The molecule has 11 nitrogen and oxygen atoms in total. The lowest BCUT2D eigenvalue weighted by molar-refractivity contribution is -0.137. The van der Waals surface area contributed by atoms with Crippen LogP contribution in [0.2, 0.25) is 0 Å². The van der Waals surface area contributed by atoms with Gasteiger partial charge >= 0.3 is 12.1 Å². The lowest BCUT2D eigenvalue weighted by atomic mass is 10.1. The second-order valence-corrected chi connectivity index (χ2v) is 10.2. The van der Waals surface area contributed by atoms with Crippen molar-refractivity contribution in [1.29, 1.82) is 0 Å². The number of fused-ring (bicyclic) bond motifs is 2. The molecule has 40 heavy (non-hydrogen) atoms. The summed E-state index contributed by atoms with van der Waals surface area (Å²) in [6.07, 6.45) is 3.70. The van der Waals surface area contributed by atoms with E-state index < -0.39 is 29.6 Å². The number of hydrogen-bond donors (Lipinski definition) is 2. The maximum absolute atomic E-state index is 14.0. The van der Waals surface area contributed by atoms with Gasteiger partial charge in [0.15, 0.2) is 11.6 Å². The number of carbonyl (C=O) groups is 2. The molecule has 2 aromatic carbocycles. The molecule has 0 saturated carbocycles. The third-order valence-corrected chi connectivity index (χ3v) is 5.85. The third kappa shape index (κ3) is 5.85. The summed E-state index contributed by atoms with van der Waals surface area (Å²) >= 11 is 0. The van der Waals surface area contributed by atoms with Crippen molar-refractivity contribution in [2.24, 2.45) is 0 Å². The first-order valence-electron chi connectivity index (χ1n) is 12.4. The Morgan fingerprint density at radius 1 is 1.12 bits per heavy atom. The number of pyridine rings is 1. The maximum Gasteiger partial charge on any atom is 0.413 e. The van der Waals surface area contributed by atoms with Crippen LogP contribution in [0.5, 0.6) is 5.75 Å². The molecule has 0 bridgehead atoms. The van der Waals surface area contributed by atoms with Gasteiger partial charge in [-0.1, -0.05) is 0 Å². The van der Waals surface area contributed by atoms with Gasteiger partial charge < -0.3 is 14.6 Å². The second kappa shape index (κ2) is 10.3. The highest BCUT2D eigenvalue weighted by atomic mass is 19.1. The van der Waals surface area contributed by atoms with E-state index in [4.69, 9.17) is 9.47 Å². The number of carboxylic acid groups (broad SMARTS) is 1. The molecule has 2 N–H and O–H groups in total. The molecule has 12 heteroatoms. The molecule has 0 aliphatic heterocycles. The number of aliphatic carboxylic acids is 1. The van der Waals surface area contributed by atoms with Gasteiger partial charge in [0.2, 0.25) is 0 Å². The topological polar surface area (TPSA) is 133 Å². The van der Waals surface area contributed by atoms with Crippen molar-refractivity contribution in [3.05, 3.63) is 72.4 Å². The van der Waals surface area contributed by atoms with Crippen LogP contribution in [0.3, 0.4) is 0 Å². The van der Waals surface area contributed by atoms with Gasteiger partial charge in [0.25, 0.3) is 0 Å². The molecule has 206 valence electrons. The summed E-state index contributed by atoms with van der Waals surface area (Å²) in [5, 5.41) is 21.8. The number of nitrogens with one attached hydrogen (secondary N) is 1. The highest BCUT2D eigenvalue weighted by Gasteiger charge is 2.22. The van der Waals surface area contributed by atoms with Crippen molar-refractivity contribution in [3.8, 4) is 11.4 Å². The number of carboxylic acids is 1. The van der Waals surface area contributed by atoms with Gasteiger partial charge in [-0.05, 0) is 70.2 Å². The van der Waals surface area contributed by atoms with Crippen LogP contribution in [0.15, 0.2) is 61.1 Å². The minimum absolute atomic E-state index is 0.104.